The van der Waals surface area contributed by atoms with Crippen molar-refractivity contribution in [2.24, 2.45) is 10.8 Å². The lowest BCUT2D eigenvalue weighted by atomic mass is 9.88. The van der Waals surface area contributed by atoms with Crippen LogP contribution in [0.4, 0.5) is 13.2 Å². The van der Waals surface area contributed by atoms with Crippen LogP contribution in [-0.2, 0) is 16.0 Å². The van der Waals surface area contributed by atoms with Crippen LogP contribution in [0.5, 0.6) is 11.5 Å². The molecule has 0 amide bonds. The molecule has 0 aliphatic carbocycles. The minimum atomic E-state index is -4.49. The number of alkyl halides is 3. The third kappa shape index (κ3) is 9.81. The van der Waals surface area contributed by atoms with Crippen molar-refractivity contribution in [1.82, 2.24) is 0 Å². The van der Waals surface area contributed by atoms with Crippen LogP contribution in [0.2, 0.25) is 0 Å². The third-order valence-corrected chi connectivity index (χ3v) is 6.80. The van der Waals surface area contributed by atoms with Gasteiger partial charge in [-0.15, -0.1) is 0 Å². The zero-order valence-electron chi connectivity index (χ0n) is 25.3. The molecular weight excluding hydrogens is 549 g/mol. The largest absolute Gasteiger partial charge is 0.496 e. The average molecular weight is 591 g/mol. The van der Waals surface area contributed by atoms with Gasteiger partial charge in [-0.25, -0.2) is 4.79 Å². The highest BCUT2D eigenvalue weighted by Gasteiger charge is 2.41. The predicted molar refractivity (Wildman–Crippen MR) is 157 cm³/mol. The van der Waals surface area contributed by atoms with E-state index >= 15 is 0 Å². The molecule has 0 radical (unpaired) electrons. The van der Waals surface area contributed by atoms with E-state index in [4.69, 9.17) is 18.6 Å². The SMILES string of the molecule is CCCCCc1ccc(-c2cc3ccc(OCC(C)(COC(=O)CC(C)(C)C)CC(F)(F)F)cc3oc2=O)c(OC)c1. The standard InChI is InChI=1S/C33H41F3O6/c1-7-8-9-10-22-11-14-25(28(15-22)39-6)26-16-23-12-13-24(17-27(23)42-30(26)38)40-20-32(5,19-33(34,35)36)21-41-29(37)18-31(2,3)4/h11-17H,7-10,18-21H2,1-6H3. The summed E-state index contributed by atoms with van der Waals surface area (Å²) in [5, 5.41) is 0.611. The van der Waals surface area contributed by atoms with Gasteiger partial charge in [0.15, 0.2) is 0 Å². The molecule has 1 heterocycles. The molecule has 42 heavy (non-hydrogen) atoms. The molecular formula is C33H41F3O6. The van der Waals surface area contributed by atoms with Crippen molar-refractivity contribution in [3.05, 3.63) is 58.4 Å². The molecule has 0 saturated heterocycles. The first-order valence-electron chi connectivity index (χ1n) is 14.2. The van der Waals surface area contributed by atoms with Crippen molar-refractivity contribution in [3.8, 4) is 22.6 Å². The molecule has 0 N–H and O–H groups in total. The molecule has 2 aromatic carbocycles. The number of benzene rings is 2. The molecule has 0 spiro atoms. The number of unbranched alkanes of at least 4 members (excludes halogenated alkanes) is 2. The number of methoxy groups -OCH3 is 1. The average Bonchev–Trinajstić information content (AvgIpc) is 2.89. The maximum Gasteiger partial charge on any atom is 0.389 e. The van der Waals surface area contributed by atoms with Crippen LogP contribution in [0.1, 0.15) is 72.3 Å². The van der Waals surface area contributed by atoms with Crippen LogP contribution in [0.3, 0.4) is 0 Å². The number of esters is 1. The van der Waals surface area contributed by atoms with Gasteiger partial charge in [-0.2, -0.15) is 13.2 Å². The lowest BCUT2D eigenvalue weighted by molar-refractivity contribution is -0.175. The van der Waals surface area contributed by atoms with Gasteiger partial charge in [-0.05, 0) is 48.1 Å². The summed E-state index contributed by atoms with van der Waals surface area (Å²) in [5.41, 5.74) is -0.164. The zero-order chi connectivity index (χ0) is 31.1. The Labute approximate surface area is 245 Å². The minimum Gasteiger partial charge on any atom is -0.496 e. The fourth-order valence-electron chi connectivity index (χ4n) is 4.69. The smallest absolute Gasteiger partial charge is 0.389 e. The first kappa shape index (κ1) is 33.0. The number of rotatable bonds is 13. The number of carbonyl (C=O) groups is 1. The lowest BCUT2D eigenvalue weighted by Gasteiger charge is -2.30. The minimum absolute atomic E-state index is 0.0800. The van der Waals surface area contributed by atoms with E-state index in [0.717, 1.165) is 31.2 Å². The highest BCUT2D eigenvalue weighted by atomic mass is 19.4. The Hall–Kier alpha value is -3.49. The molecule has 6 nitrogen and oxygen atoms in total. The lowest BCUT2D eigenvalue weighted by Crippen LogP contribution is -2.36. The van der Waals surface area contributed by atoms with E-state index in [0.29, 0.717) is 22.3 Å². The molecule has 1 unspecified atom stereocenters. The van der Waals surface area contributed by atoms with Gasteiger partial charge in [0, 0.05) is 22.4 Å². The van der Waals surface area contributed by atoms with Crippen molar-refractivity contribution >= 4 is 16.9 Å². The number of aryl methyl sites for hydroxylation is 1. The van der Waals surface area contributed by atoms with Gasteiger partial charge in [0.1, 0.15) is 23.7 Å². The monoisotopic (exact) mass is 590 g/mol. The van der Waals surface area contributed by atoms with Gasteiger partial charge in [0.25, 0.3) is 0 Å². The predicted octanol–water partition coefficient (Wildman–Crippen LogP) is 8.52. The van der Waals surface area contributed by atoms with Crippen molar-refractivity contribution < 1.29 is 36.6 Å². The highest BCUT2D eigenvalue weighted by molar-refractivity contribution is 5.84. The third-order valence-electron chi connectivity index (χ3n) is 6.80. The maximum absolute atomic E-state index is 13.4. The van der Waals surface area contributed by atoms with Crippen LogP contribution in [0, 0.1) is 10.8 Å². The van der Waals surface area contributed by atoms with E-state index in [1.54, 1.807) is 25.3 Å². The first-order chi connectivity index (χ1) is 19.6. The Kier molecular flexibility index (Phi) is 10.7. The summed E-state index contributed by atoms with van der Waals surface area (Å²) >= 11 is 0. The second kappa shape index (κ2) is 13.7. The molecule has 0 bridgehead atoms. The van der Waals surface area contributed by atoms with E-state index in [1.165, 1.54) is 13.0 Å². The number of carbonyl (C=O) groups excluding carboxylic acids is 1. The van der Waals surface area contributed by atoms with Crippen LogP contribution < -0.4 is 15.1 Å². The topological polar surface area (TPSA) is 75.0 Å². The molecule has 230 valence electrons. The molecule has 3 aromatic rings. The number of fused-ring (bicyclic) bond motifs is 1. The number of hydrogen-bond donors (Lipinski definition) is 0. The first-order valence-corrected chi connectivity index (χ1v) is 14.2. The molecule has 9 heteroatoms. The van der Waals surface area contributed by atoms with Crippen LogP contribution in [0.25, 0.3) is 22.1 Å². The fraction of sp³-hybridized carbons (Fsp3) is 0.515. The Morgan fingerprint density at radius 1 is 0.929 bits per heavy atom. The number of hydrogen-bond acceptors (Lipinski definition) is 6. The van der Waals surface area contributed by atoms with Crippen LogP contribution in [-0.4, -0.2) is 32.5 Å². The number of halogens is 3. The molecule has 3 rings (SSSR count). The summed E-state index contributed by atoms with van der Waals surface area (Å²) < 4.78 is 62.3. The maximum atomic E-state index is 13.4. The fourth-order valence-corrected chi connectivity index (χ4v) is 4.69. The van der Waals surface area contributed by atoms with Crippen LogP contribution in [0.15, 0.2) is 51.7 Å². The summed E-state index contributed by atoms with van der Waals surface area (Å²) in [4.78, 5) is 25.2. The van der Waals surface area contributed by atoms with Gasteiger partial charge < -0.3 is 18.6 Å². The van der Waals surface area contributed by atoms with E-state index in [-0.39, 0.29) is 29.8 Å². The Balaban J connectivity index is 1.80. The molecule has 0 fully saturated rings. The Bertz CT molecular complexity index is 1420. The zero-order valence-corrected chi connectivity index (χ0v) is 25.3. The Morgan fingerprint density at radius 3 is 2.31 bits per heavy atom. The molecule has 0 aliphatic heterocycles. The molecule has 1 atom stereocenters. The van der Waals surface area contributed by atoms with Gasteiger partial charge in [0.05, 0.1) is 32.1 Å². The van der Waals surface area contributed by atoms with E-state index in [1.807, 2.05) is 39.0 Å². The second-order valence-corrected chi connectivity index (χ2v) is 12.4. The molecule has 1 aromatic heterocycles. The molecule has 0 aliphatic rings. The van der Waals surface area contributed by atoms with E-state index in [2.05, 4.69) is 6.92 Å². The summed E-state index contributed by atoms with van der Waals surface area (Å²) in [5.74, 6) is 0.228. The summed E-state index contributed by atoms with van der Waals surface area (Å²) in [7, 11) is 1.55. The molecule has 0 saturated carbocycles. The Morgan fingerprint density at radius 2 is 1.67 bits per heavy atom. The van der Waals surface area contributed by atoms with Gasteiger partial charge in [0.2, 0.25) is 0 Å². The van der Waals surface area contributed by atoms with E-state index in [9.17, 15) is 22.8 Å². The van der Waals surface area contributed by atoms with Crippen molar-refractivity contribution in [3.63, 3.8) is 0 Å². The summed E-state index contributed by atoms with van der Waals surface area (Å²) in [6, 6.07) is 12.2. The van der Waals surface area contributed by atoms with Crippen molar-refractivity contribution in [2.45, 2.75) is 79.3 Å². The second-order valence-electron chi connectivity index (χ2n) is 12.4. The van der Waals surface area contributed by atoms with Crippen LogP contribution >= 0.6 is 0 Å². The summed E-state index contributed by atoms with van der Waals surface area (Å²) in [6.07, 6.45) is -1.36. The highest BCUT2D eigenvalue weighted by Crippen LogP contribution is 2.36. The normalized spacial score (nSPS) is 13.5. The van der Waals surface area contributed by atoms with Crippen molar-refractivity contribution in [1.29, 1.82) is 0 Å². The van der Waals surface area contributed by atoms with E-state index < -0.39 is 36.2 Å². The van der Waals surface area contributed by atoms with Crippen molar-refractivity contribution in [2.75, 3.05) is 20.3 Å². The number of ether oxygens (including phenoxy) is 3. The summed E-state index contributed by atoms with van der Waals surface area (Å²) in [6.45, 7) is 8.22. The van der Waals surface area contributed by atoms with Gasteiger partial charge in [-0.3, -0.25) is 4.79 Å². The van der Waals surface area contributed by atoms with Gasteiger partial charge >= 0.3 is 17.8 Å². The van der Waals surface area contributed by atoms with Gasteiger partial charge in [-0.1, -0.05) is 59.6 Å². The quantitative estimate of drug-likeness (QED) is 0.113.